The van der Waals surface area contributed by atoms with Gasteiger partial charge in [0.25, 0.3) is 0 Å². The highest BCUT2D eigenvalue weighted by Crippen LogP contribution is 2.30. The Kier molecular flexibility index (Phi) is 7.60. The van der Waals surface area contributed by atoms with E-state index < -0.39 is 10.0 Å². The number of ether oxygens (including phenoxy) is 2. The van der Waals surface area contributed by atoms with Crippen molar-refractivity contribution in [1.29, 1.82) is 0 Å². The Balaban J connectivity index is 1.75. The van der Waals surface area contributed by atoms with Crippen molar-refractivity contribution in [3.63, 3.8) is 0 Å². The molecule has 30 heavy (non-hydrogen) atoms. The fourth-order valence-electron chi connectivity index (χ4n) is 3.12. The van der Waals surface area contributed by atoms with Crippen LogP contribution in [0.2, 0.25) is 10.0 Å². The molecule has 10 heteroatoms. The molecule has 0 saturated carbocycles. The molecule has 0 bridgehead atoms. The van der Waals surface area contributed by atoms with Crippen LogP contribution in [0.1, 0.15) is 12.0 Å². The third kappa shape index (κ3) is 5.25. The largest absolute Gasteiger partial charge is 0.495 e. The van der Waals surface area contributed by atoms with Crippen molar-refractivity contribution < 1.29 is 22.7 Å². The molecule has 7 nitrogen and oxygen atoms in total. The molecule has 1 aliphatic heterocycles. The highest BCUT2D eigenvalue weighted by molar-refractivity contribution is 7.89. The molecule has 1 heterocycles. The minimum Gasteiger partial charge on any atom is -0.495 e. The van der Waals surface area contributed by atoms with Crippen molar-refractivity contribution >= 4 is 44.8 Å². The molecule has 0 spiro atoms. The number of sulfonamides is 1. The Morgan fingerprint density at radius 3 is 2.47 bits per heavy atom. The van der Waals surface area contributed by atoms with Gasteiger partial charge in [-0.25, -0.2) is 8.42 Å². The highest BCUT2D eigenvalue weighted by atomic mass is 35.5. The molecule has 162 valence electrons. The monoisotopic (exact) mass is 472 g/mol. The molecule has 3 rings (SSSR count). The van der Waals surface area contributed by atoms with Crippen LogP contribution >= 0.6 is 23.2 Å². The van der Waals surface area contributed by atoms with Crippen LogP contribution in [-0.4, -0.2) is 52.0 Å². The fraction of sp³-hybridized carbons (Fsp3) is 0.350. The average Bonchev–Trinajstić information content (AvgIpc) is 2.74. The summed E-state index contributed by atoms with van der Waals surface area (Å²) in [7, 11) is -2.39. The van der Waals surface area contributed by atoms with Gasteiger partial charge in [0.1, 0.15) is 10.6 Å². The summed E-state index contributed by atoms with van der Waals surface area (Å²) in [5, 5.41) is 3.73. The smallest absolute Gasteiger partial charge is 0.246 e. The standard InChI is InChI=1S/C20H22Cl2N2O5S/c1-28-18-7-5-14(13-19(18)30(26,27)24-9-11-29-12-10-24)23-20(25)8-6-15-16(21)3-2-4-17(15)22/h2-5,7,13H,6,8-12H2,1H3,(H,23,25). The van der Waals surface area contributed by atoms with Gasteiger partial charge in [0.2, 0.25) is 15.9 Å². The van der Waals surface area contributed by atoms with Crippen LogP contribution in [0.25, 0.3) is 0 Å². The molecule has 2 aromatic carbocycles. The zero-order chi connectivity index (χ0) is 21.7. The van der Waals surface area contributed by atoms with Crippen molar-refractivity contribution in [3.05, 3.63) is 52.0 Å². The minimum absolute atomic E-state index is 0.00107. The number of nitrogens with one attached hydrogen (secondary N) is 1. The molecule has 1 fully saturated rings. The van der Waals surface area contributed by atoms with Crippen LogP contribution in [-0.2, 0) is 26.0 Å². The number of benzene rings is 2. The summed E-state index contributed by atoms with van der Waals surface area (Å²) >= 11 is 12.3. The van der Waals surface area contributed by atoms with Crippen LogP contribution in [0.15, 0.2) is 41.3 Å². The van der Waals surface area contributed by atoms with E-state index in [-0.39, 0.29) is 36.1 Å². The summed E-state index contributed by atoms with van der Waals surface area (Å²) in [5.74, 6) is -0.0757. The lowest BCUT2D eigenvalue weighted by molar-refractivity contribution is -0.116. The van der Waals surface area contributed by atoms with E-state index in [4.69, 9.17) is 32.7 Å². The van der Waals surface area contributed by atoms with Gasteiger partial charge in [-0.1, -0.05) is 29.3 Å². The first-order chi connectivity index (χ1) is 14.3. The maximum absolute atomic E-state index is 13.0. The van der Waals surface area contributed by atoms with Crippen molar-refractivity contribution in [2.45, 2.75) is 17.7 Å². The van der Waals surface area contributed by atoms with E-state index in [1.54, 1.807) is 24.3 Å². The maximum Gasteiger partial charge on any atom is 0.246 e. The number of rotatable bonds is 7. The van der Waals surface area contributed by atoms with Crippen molar-refractivity contribution in [2.24, 2.45) is 0 Å². The van der Waals surface area contributed by atoms with Gasteiger partial charge in [-0.2, -0.15) is 4.31 Å². The number of anilines is 1. The molecule has 0 aliphatic carbocycles. The maximum atomic E-state index is 13.0. The first kappa shape index (κ1) is 22.8. The van der Waals surface area contributed by atoms with E-state index >= 15 is 0 Å². The van der Waals surface area contributed by atoms with Gasteiger partial charge in [-0.3, -0.25) is 4.79 Å². The first-order valence-electron chi connectivity index (χ1n) is 9.31. The number of nitrogens with zero attached hydrogens (tertiary/aromatic N) is 1. The summed E-state index contributed by atoms with van der Waals surface area (Å²) < 4.78 is 37.9. The van der Waals surface area contributed by atoms with E-state index in [0.29, 0.717) is 40.9 Å². The van der Waals surface area contributed by atoms with Gasteiger partial charge in [0, 0.05) is 35.2 Å². The Bertz CT molecular complexity index is 1000. The molecular formula is C20H22Cl2N2O5S. The average molecular weight is 473 g/mol. The second-order valence-electron chi connectivity index (χ2n) is 6.63. The lowest BCUT2D eigenvalue weighted by Crippen LogP contribution is -2.40. The molecule has 1 N–H and O–H groups in total. The number of carbonyl (C=O) groups excluding carboxylic acids is 1. The van der Waals surface area contributed by atoms with Gasteiger partial charge >= 0.3 is 0 Å². The Morgan fingerprint density at radius 1 is 1.17 bits per heavy atom. The minimum atomic E-state index is -3.79. The number of hydrogen-bond acceptors (Lipinski definition) is 5. The summed E-state index contributed by atoms with van der Waals surface area (Å²) in [5.41, 5.74) is 1.05. The van der Waals surface area contributed by atoms with Crippen molar-refractivity contribution in [2.75, 3.05) is 38.7 Å². The molecular weight excluding hydrogens is 451 g/mol. The quantitative estimate of drug-likeness (QED) is 0.665. The lowest BCUT2D eigenvalue weighted by Gasteiger charge is -2.26. The third-order valence-corrected chi connectivity index (χ3v) is 7.33. The first-order valence-corrected chi connectivity index (χ1v) is 11.5. The van der Waals surface area contributed by atoms with Gasteiger partial charge in [-0.05, 0) is 42.3 Å². The summed E-state index contributed by atoms with van der Waals surface area (Å²) in [6, 6.07) is 9.69. The van der Waals surface area contributed by atoms with Crippen LogP contribution in [0.3, 0.4) is 0 Å². The Labute approximate surface area is 185 Å². The molecule has 1 amide bonds. The highest BCUT2D eigenvalue weighted by Gasteiger charge is 2.29. The number of hydrogen-bond donors (Lipinski definition) is 1. The van der Waals surface area contributed by atoms with Crippen molar-refractivity contribution in [1.82, 2.24) is 4.31 Å². The van der Waals surface area contributed by atoms with Gasteiger partial charge in [-0.15, -0.1) is 0 Å². The third-order valence-electron chi connectivity index (χ3n) is 4.70. The number of halogens is 2. The van der Waals surface area contributed by atoms with Crippen LogP contribution in [0.5, 0.6) is 5.75 Å². The summed E-state index contributed by atoms with van der Waals surface area (Å²) in [6.07, 6.45) is 0.500. The Hall–Kier alpha value is -1.84. The molecule has 1 saturated heterocycles. The number of carbonyl (C=O) groups is 1. The van der Waals surface area contributed by atoms with Crippen LogP contribution < -0.4 is 10.1 Å². The zero-order valence-electron chi connectivity index (χ0n) is 16.4. The SMILES string of the molecule is COc1ccc(NC(=O)CCc2c(Cl)cccc2Cl)cc1S(=O)(=O)N1CCOCC1. The lowest BCUT2D eigenvalue weighted by atomic mass is 10.1. The number of amides is 1. The molecule has 2 aromatic rings. The molecule has 0 atom stereocenters. The second-order valence-corrected chi connectivity index (χ2v) is 9.35. The number of morpholine rings is 1. The molecule has 0 unspecified atom stereocenters. The summed E-state index contributed by atoms with van der Waals surface area (Å²) in [6.45, 7) is 1.20. The molecule has 0 radical (unpaired) electrons. The predicted octanol–water partition coefficient (Wildman–Crippen LogP) is 3.59. The summed E-state index contributed by atoms with van der Waals surface area (Å²) in [4.78, 5) is 12.4. The normalized spacial score (nSPS) is 15.0. The van der Waals surface area contributed by atoms with E-state index in [1.807, 2.05) is 0 Å². The van der Waals surface area contributed by atoms with E-state index in [1.165, 1.54) is 23.5 Å². The van der Waals surface area contributed by atoms with Gasteiger partial charge < -0.3 is 14.8 Å². The van der Waals surface area contributed by atoms with Gasteiger partial charge in [0.05, 0.1) is 20.3 Å². The topological polar surface area (TPSA) is 84.9 Å². The predicted molar refractivity (Wildman–Crippen MR) is 116 cm³/mol. The Morgan fingerprint density at radius 2 is 1.83 bits per heavy atom. The zero-order valence-corrected chi connectivity index (χ0v) is 18.7. The molecule has 0 aromatic heterocycles. The number of methoxy groups -OCH3 is 1. The molecule has 1 aliphatic rings. The van der Waals surface area contributed by atoms with E-state index in [0.717, 1.165) is 0 Å². The second kappa shape index (κ2) is 9.98. The fourth-order valence-corrected chi connectivity index (χ4v) is 5.29. The van der Waals surface area contributed by atoms with Crippen LogP contribution in [0, 0.1) is 0 Å². The van der Waals surface area contributed by atoms with E-state index in [9.17, 15) is 13.2 Å². The van der Waals surface area contributed by atoms with Crippen molar-refractivity contribution in [3.8, 4) is 5.75 Å². The van der Waals surface area contributed by atoms with E-state index in [2.05, 4.69) is 5.32 Å². The van der Waals surface area contributed by atoms with Crippen LogP contribution in [0.4, 0.5) is 5.69 Å². The van der Waals surface area contributed by atoms with Gasteiger partial charge in [0.15, 0.2) is 0 Å².